The van der Waals surface area contributed by atoms with Gasteiger partial charge in [-0.1, -0.05) is 6.42 Å². The number of nitrogens with zero attached hydrogens (tertiary/aromatic N) is 1. The zero-order valence-corrected chi connectivity index (χ0v) is 12.1. The number of amides is 1. The zero-order chi connectivity index (χ0) is 14.5. The lowest BCUT2D eigenvalue weighted by atomic mass is 10.1. The maximum absolute atomic E-state index is 12.1. The van der Waals surface area contributed by atoms with Crippen LogP contribution in [0.1, 0.15) is 36.5 Å². The van der Waals surface area contributed by atoms with Crippen LogP contribution in [-0.4, -0.2) is 36.5 Å². The number of nitrogens with two attached hydrogens (primary N) is 2. The summed E-state index contributed by atoms with van der Waals surface area (Å²) in [5, 5.41) is 2.96. The number of hydrogen-bond acceptors (Lipinski definition) is 4. The summed E-state index contributed by atoms with van der Waals surface area (Å²) in [6.45, 7) is 5.05. The monoisotopic (exact) mass is 276 g/mol. The van der Waals surface area contributed by atoms with E-state index in [4.69, 9.17) is 11.5 Å². The minimum Gasteiger partial charge on any atom is -0.399 e. The molecule has 20 heavy (non-hydrogen) atoms. The molecule has 1 aromatic carbocycles. The van der Waals surface area contributed by atoms with Crippen LogP contribution in [0.4, 0.5) is 11.4 Å². The Labute approximate surface area is 120 Å². The van der Waals surface area contributed by atoms with E-state index in [0.717, 1.165) is 13.1 Å². The summed E-state index contributed by atoms with van der Waals surface area (Å²) in [7, 11) is 0. The second-order valence-electron chi connectivity index (χ2n) is 5.54. The second kappa shape index (κ2) is 6.61. The van der Waals surface area contributed by atoms with Gasteiger partial charge >= 0.3 is 0 Å². The number of benzene rings is 1. The third-order valence-corrected chi connectivity index (χ3v) is 3.81. The van der Waals surface area contributed by atoms with Crippen molar-refractivity contribution in [3.05, 3.63) is 23.8 Å². The first-order valence-corrected chi connectivity index (χ1v) is 7.24. The van der Waals surface area contributed by atoms with E-state index in [-0.39, 0.29) is 5.91 Å². The lowest BCUT2D eigenvalue weighted by Crippen LogP contribution is -2.44. The maximum Gasteiger partial charge on any atom is 0.251 e. The van der Waals surface area contributed by atoms with Crippen LogP contribution in [0.5, 0.6) is 0 Å². The number of hydrogen-bond donors (Lipinski definition) is 3. The summed E-state index contributed by atoms with van der Waals surface area (Å²) in [6.07, 6.45) is 3.83. The molecule has 5 N–H and O–H groups in total. The number of carbonyl (C=O) groups excluding carboxylic acids is 1. The molecule has 1 amide bonds. The van der Waals surface area contributed by atoms with Crippen LogP contribution in [-0.2, 0) is 0 Å². The lowest BCUT2D eigenvalue weighted by molar-refractivity contribution is 0.0930. The minimum atomic E-state index is -0.118. The van der Waals surface area contributed by atoms with Crippen molar-refractivity contribution in [2.24, 2.45) is 0 Å². The van der Waals surface area contributed by atoms with Gasteiger partial charge in [0.1, 0.15) is 0 Å². The molecule has 1 saturated heterocycles. The van der Waals surface area contributed by atoms with Gasteiger partial charge in [0.2, 0.25) is 0 Å². The van der Waals surface area contributed by atoms with Crippen molar-refractivity contribution in [2.75, 3.05) is 31.1 Å². The number of nitrogens with one attached hydrogen (secondary N) is 1. The van der Waals surface area contributed by atoms with E-state index in [1.54, 1.807) is 18.2 Å². The SMILES string of the molecule is CC(CNC(=O)c1cc(N)cc(N)c1)N1CCCCC1. The largest absolute Gasteiger partial charge is 0.399 e. The van der Waals surface area contributed by atoms with Crippen LogP contribution in [0.15, 0.2) is 18.2 Å². The topological polar surface area (TPSA) is 84.4 Å². The van der Waals surface area contributed by atoms with Gasteiger partial charge in [-0.2, -0.15) is 0 Å². The molecule has 1 aromatic rings. The third-order valence-electron chi connectivity index (χ3n) is 3.81. The number of nitrogen functional groups attached to an aromatic ring is 2. The van der Waals surface area contributed by atoms with Crippen LogP contribution in [0.25, 0.3) is 0 Å². The van der Waals surface area contributed by atoms with Crippen molar-refractivity contribution in [1.82, 2.24) is 10.2 Å². The Morgan fingerprint density at radius 2 is 1.80 bits per heavy atom. The van der Waals surface area contributed by atoms with Gasteiger partial charge in [-0.15, -0.1) is 0 Å². The number of carbonyl (C=O) groups is 1. The summed E-state index contributed by atoms with van der Waals surface area (Å²) >= 11 is 0. The molecule has 1 aliphatic heterocycles. The van der Waals surface area contributed by atoms with E-state index >= 15 is 0 Å². The highest BCUT2D eigenvalue weighted by Gasteiger charge is 2.17. The van der Waals surface area contributed by atoms with Crippen LogP contribution in [0.2, 0.25) is 0 Å². The molecule has 110 valence electrons. The van der Waals surface area contributed by atoms with Gasteiger partial charge in [0.15, 0.2) is 0 Å². The Hall–Kier alpha value is -1.75. The summed E-state index contributed by atoms with van der Waals surface area (Å²) in [6, 6.07) is 5.31. The molecule has 1 heterocycles. The first-order valence-electron chi connectivity index (χ1n) is 7.24. The third kappa shape index (κ3) is 3.87. The molecule has 1 unspecified atom stereocenters. The van der Waals surface area contributed by atoms with Gasteiger partial charge in [0.05, 0.1) is 0 Å². The van der Waals surface area contributed by atoms with Crippen LogP contribution in [0, 0.1) is 0 Å². The van der Waals surface area contributed by atoms with E-state index in [2.05, 4.69) is 17.1 Å². The summed E-state index contributed by atoms with van der Waals surface area (Å²) < 4.78 is 0. The molecule has 2 rings (SSSR count). The Kier molecular flexibility index (Phi) is 4.84. The van der Waals surface area contributed by atoms with Crippen molar-refractivity contribution < 1.29 is 4.79 Å². The molecule has 0 aromatic heterocycles. The van der Waals surface area contributed by atoms with Gasteiger partial charge < -0.3 is 16.8 Å². The van der Waals surface area contributed by atoms with Crippen molar-refractivity contribution >= 4 is 17.3 Å². The average Bonchev–Trinajstić information content (AvgIpc) is 2.44. The van der Waals surface area contributed by atoms with Crippen molar-refractivity contribution in [3.8, 4) is 0 Å². The quantitative estimate of drug-likeness (QED) is 0.727. The molecule has 5 nitrogen and oxygen atoms in total. The Balaban J connectivity index is 1.87. The minimum absolute atomic E-state index is 0.118. The average molecular weight is 276 g/mol. The van der Waals surface area contributed by atoms with Gasteiger partial charge in [0, 0.05) is 29.5 Å². The van der Waals surface area contributed by atoms with Crippen LogP contribution >= 0.6 is 0 Å². The smallest absolute Gasteiger partial charge is 0.251 e. The van der Waals surface area contributed by atoms with Crippen molar-refractivity contribution in [2.45, 2.75) is 32.2 Å². The molecular weight excluding hydrogens is 252 g/mol. The first-order chi connectivity index (χ1) is 9.56. The van der Waals surface area contributed by atoms with Crippen molar-refractivity contribution in [3.63, 3.8) is 0 Å². The molecule has 0 bridgehead atoms. The summed E-state index contributed by atoms with van der Waals surface area (Å²) in [5.41, 5.74) is 13.0. The highest BCUT2D eigenvalue weighted by Crippen LogP contribution is 2.14. The number of likely N-dealkylation sites (tertiary alicyclic amines) is 1. The van der Waals surface area contributed by atoms with E-state index in [9.17, 15) is 4.79 Å². The molecule has 5 heteroatoms. The van der Waals surface area contributed by atoms with Gasteiger partial charge in [-0.25, -0.2) is 0 Å². The molecule has 1 aliphatic rings. The Bertz CT molecular complexity index is 449. The van der Waals surface area contributed by atoms with Gasteiger partial charge in [-0.3, -0.25) is 9.69 Å². The highest BCUT2D eigenvalue weighted by atomic mass is 16.1. The Morgan fingerprint density at radius 3 is 2.40 bits per heavy atom. The molecule has 0 saturated carbocycles. The Morgan fingerprint density at radius 1 is 1.20 bits per heavy atom. The standard InChI is InChI=1S/C15H24N4O/c1-11(19-5-3-2-4-6-19)10-18-15(20)12-7-13(16)9-14(17)8-12/h7-9,11H,2-6,10,16-17H2,1H3,(H,18,20). The fraction of sp³-hybridized carbons (Fsp3) is 0.533. The predicted octanol–water partition coefficient (Wildman–Crippen LogP) is 1.46. The van der Waals surface area contributed by atoms with E-state index in [0.29, 0.717) is 29.5 Å². The van der Waals surface area contributed by atoms with E-state index in [1.165, 1.54) is 19.3 Å². The number of rotatable bonds is 4. The molecule has 0 radical (unpaired) electrons. The fourth-order valence-corrected chi connectivity index (χ4v) is 2.64. The summed E-state index contributed by atoms with van der Waals surface area (Å²) in [4.78, 5) is 14.5. The molecule has 1 fully saturated rings. The molecule has 0 aliphatic carbocycles. The highest BCUT2D eigenvalue weighted by molar-refractivity contribution is 5.96. The lowest BCUT2D eigenvalue weighted by Gasteiger charge is -2.32. The van der Waals surface area contributed by atoms with Gasteiger partial charge in [-0.05, 0) is 51.1 Å². The first kappa shape index (κ1) is 14.7. The maximum atomic E-state index is 12.1. The van der Waals surface area contributed by atoms with E-state index < -0.39 is 0 Å². The number of piperidine rings is 1. The normalized spacial score (nSPS) is 17.6. The summed E-state index contributed by atoms with van der Waals surface area (Å²) in [5.74, 6) is -0.118. The second-order valence-corrected chi connectivity index (χ2v) is 5.54. The van der Waals surface area contributed by atoms with Crippen LogP contribution < -0.4 is 16.8 Å². The van der Waals surface area contributed by atoms with Crippen LogP contribution in [0.3, 0.4) is 0 Å². The molecular formula is C15H24N4O. The molecule has 1 atom stereocenters. The predicted molar refractivity (Wildman–Crippen MR) is 82.5 cm³/mol. The van der Waals surface area contributed by atoms with E-state index in [1.807, 2.05) is 0 Å². The van der Waals surface area contributed by atoms with Crippen molar-refractivity contribution in [1.29, 1.82) is 0 Å². The fourth-order valence-electron chi connectivity index (χ4n) is 2.64. The van der Waals surface area contributed by atoms with Gasteiger partial charge in [0.25, 0.3) is 5.91 Å². The number of anilines is 2. The molecule has 0 spiro atoms. The zero-order valence-electron chi connectivity index (χ0n) is 12.1.